The van der Waals surface area contributed by atoms with Gasteiger partial charge in [-0.15, -0.1) is 0 Å². The molecular weight excluding hydrogens is 320 g/mol. The highest BCUT2D eigenvalue weighted by molar-refractivity contribution is 6.22. The van der Waals surface area contributed by atoms with Crippen molar-refractivity contribution in [1.82, 2.24) is 15.3 Å². The van der Waals surface area contributed by atoms with Gasteiger partial charge >= 0.3 is 12.0 Å². The van der Waals surface area contributed by atoms with E-state index < -0.39 is 5.97 Å². The van der Waals surface area contributed by atoms with E-state index in [0.717, 1.165) is 0 Å². The van der Waals surface area contributed by atoms with Crippen LogP contribution in [-0.4, -0.2) is 34.1 Å². The van der Waals surface area contributed by atoms with Gasteiger partial charge < -0.3 is 20.7 Å². The summed E-state index contributed by atoms with van der Waals surface area (Å²) in [5.74, 6) is -1.04. The second-order valence-electron chi connectivity index (χ2n) is 5.26. The summed E-state index contributed by atoms with van der Waals surface area (Å²) in [6, 6.07) is 10.1. The summed E-state index contributed by atoms with van der Waals surface area (Å²) in [5, 5.41) is 15.4. The van der Waals surface area contributed by atoms with Crippen molar-refractivity contribution < 1.29 is 14.7 Å². The monoisotopic (exact) mass is 336 g/mol. The number of rotatable bonds is 4. The average molecular weight is 336 g/mol. The zero-order valence-electron chi connectivity index (χ0n) is 13.4. The van der Waals surface area contributed by atoms with Gasteiger partial charge in [0.05, 0.1) is 11.3 Å². The lowest BCUT2D eigenvalue weighted by atomic mass is 10.0. The number of hydrogen-bond acceptors (Lipinski definition) is 3. The summed E-state index contributed by atoms with van der Waals surface area (Å²) in [6.07, 6.45) is 4.79. The van der Waals surface area contributed by atoms with E-state index in [1.54, 1.807) is 48.8 Å². The third-order valence-electron chi connectivity index (χ3n) is 3.69. The molecule has 1 aromatic carbocycles. The molecule has 2 aromatic heterocycles. The van der Waals surface area contributed by atoms with Gasteiger partial charge in [0.15, 0.2) is 0 Å². The van der Waals surface area contributed by atoms with E-state index in [4.69, 9.17) is 0 Å². The van der Waals surface area contributed by atoms with E-state index in [1.165, 1.54) is 7.05 Å². The first-order valence-electron chi connectivity index (χ1n) is 7.55. The lowest BCUT2D eigenvalue weighted by Crippen LogP contribution is -2.24. The minimum atomic E-state index is -1.04. The Morgan fingerprint density at radius 2 is 1.96 bits per heavy atom. The first kappa shape index (κ1) is 16.3. The molecule has 0 aliphatic carbocycles. The molecule has 0 aliphatic heterocycles. The maximum atomic E-state index is 11.7. The first-order chi connectivity index (χ1) is 12.1. The van der Waals surface area contributed by atoms with Gasteiger partial charge in [-0.1, -0.05) is 30.3 Å². The van der Waals surface area contributed by atoms with Gasteiger partial charge in [0.25, 0.3) is 0 Å². The number of fused-ring (bicyclic) bond motifs is 1. The van der Waals surface area contributed by atoms with Gasteiger partial charge in [0, 0.05) is 30.4 Å². The molecule has 2 amide bonds. The van der Waals surface area contributed by atoms with Crippen LogP contribution in [0.5, 0.6) is 0 Å². The normalized spacial score (nSPS) is 11.3. The highest BCUT2D eigenvalue weighted by Crippen LogP contribution is 2.29. The summed E-state index contributed by atoms with van der Waals surface area (Å²) in [6.45, 7) is 0. The number of H-pyrrole nitrogens is 1. The number of amides is 2. The Labute approximate surface area is 143 Å². The quantitative estimate of drug-likeness (QED) is 0.549. The van der Waals surface area contributed by atoms with Crippen LogP contribution in [-0.2, 0) is 4.79 Å². The van der Waals surface area contributed by atoms with Gasteiger partial charge in [-0.05, 0) is 17.7 Å². The van der Waals surface area contributed by atoms with Crippen LogP contribution in [0.2, 0.25) is 0 Å². The van der Waals surface area contributed by atoms with Crippen molar-refractivity contribution in [3.05, 3.63) is 59.9 Å². The van der Waals surface area contributed by atoms with E-state index in [9.17, 15) is 14.7 Å². The number of carbonyl (C=O) groups excluding carboxylic acids is 1. The first-order valence-corrected chi connectivity index (χ1v) is 7.55. The summed E-state index contributed by atoms with van der Waals surface area (Å²) >= 11 is 0. The van der Waals surface area contributed by atoms with Gasteiger partial charge in [0.2, 0.25) is 0 Å². The third kappa shape index (κ3) is 3.35. The fourth-order valence-electron chi connectivity index (χ4n) is 2.53. The molecule has 0 bridgehead atoms. The van der Waals surface area contributed by atoms with E-state index in [0.29, 0.717) is 27.8 Å². The zero-order chi connectivity index (χ0) is 17.8. The Morgan fingerprint density at radius 1 is 1.20 bits per heavy atom. The van der Waals surface area contributed by atoms with Crippen molar-refractivity contribution >= 4 is 40.4 Å². The lowest BCUT2D eigenvalue weighted by molar-refractivity contribution is -0.130. The van der Waals surface area contributed by atoms with Crippen molar-refractivity contribution in [2.24, 2.45) is 0 Å². The number of carboxylic acid groups (broad SMARTS) is 1. The van der Waals surface area contributed by atoms with Crippen LogP contribution in [0.25, 0.3) is 22.7 Å². The second-order valence-corrected chi connectivity index (χ2v) is 5.26. The molecule has 126 valence electrons. The predicted molar refractivity (Wildman–Crippen MR) is 96.1 cm³/mol. The van der Waals surface area contributed by atoms with Gasteiger partial charge in [0.1, 0.15) is 5.65 Å². The molecule has 0 radical (unpaired) electrons. The van der Waals surface area contributed by atoms with Crippen molar-refractivity contribution in [3.63, 3.8) is 0 Å². The van der Waals surface area contributed by atoms with Gasteiger partial charge in [-0.3, -0.25) is 0 Å². The van der Waals surface area contributed by atoms with Crippen LogP contribution in [0, 0.1) is 0 Å². The van der Waals surface area contributed by atoms with E-state index in [2.05, 4.69) is 20.6 Å². The molecule has 0 aliphatic rings. The second kappa shape index (κ2) is 6.88. The van der Waals surface area contributed by atoms with Crippen LogP contribution in [0.15, 0.2) is 48.8 Å². The van der Waals surface area contributed by atoms with Crippen molar-refractivity contribution in [3.8, 4) is 0 Å². The molecule has 3 aromatic rings. The molecular formula is C18H16N4O3. The summed E-state index contributed by atoms with van der Waals surface area (Å²) in [5.41, 5.74) is 2.45. The Kier molecular flexibility index (Phi) is 4.47. The van der Waals surface area contributed by atoms with Crippen LogP contribution >= 0.6 is 0 Å². The number of hydrogen-bond donors (Lipinski definition) is 4. The fraction of sp³-hybridized carbons (Fsp3) is 0.0556. The molecule has 25 heavy (non-hydrogen) atoms. The van der Waals surface area contributed by atoms with Crippen molar-refractivity contribution in [2.45, 2.75) is 0 Å². The minimum Gasteiger partial charge on any atom is -0.478 e. The number of aliphatic carboxylic acids is 1. The number of aromatic amines is 1. The maximum Gasteiger partial charge on any atom is 0.336 e. The summed E-state index contributed by atoms with van der Waals surface area (Å²) in [7, 11) is 1.52. The van der Waals surface area contributed by atoms with Crippen LogP contribution in [0.1, 0.15) is 11.1 Å². The Hall–Kier alpha value is -3.61. The number of benzene rings is 1. The lowest BCUT2D eigenvalue weighted by Gasteiger charge is -2.07. The number of urea groups is 1. The fourth-order valence-corrected chi connectivity index (χ4v) is 2.53. The molecule has 0 atom stereocenters. The highest BCUT2D eigenvalue weighted by Gasteiger charge is 2.14. The van der Waals surface area contributed by atoms with Gasteiger partial charge in [-0.25, -0.2) is 14.6 Å². The number of carbonyl (C=O) groups is 2. The van der Waals surface area contributed by atoms with Crippen LogP contribution < -0.4 is 10.6 Å². The van der Waals surface area contributed by atoms with E-state index in [1.807, 2.05) is 6.07 Å². The van der Waals surface area contributed by atoms with Crippen LogP contribution in [0.4, 0.5) is 10.5 Å². The number of nitrogens with zero attached hydrogens (tertiary/aromatic N) is 1. The summed E-state index contributed by atoms with van der Waals surface area (Å²) < 4.78 is 0. The number of carboxylic acids is 1. The molecule has 7 heteroatoms. The molecule has 0 saturated carbocycles. The SMILES string of the molecule is CNC(=O)Nc1ccnc2[nH]cc(C=C(C(=O)O)c3ccccc3)c12. The number of anilines is 1. The molecule has 0 unspecified atom stereocenters. The minimum absolute atomic E-state index is 0.149. The molecule has 2 heterocycles. The van der Waals surface area contributed by atoms with E-state index >= 15 is 0 Å². The smallest absolute Gasteiger partial charge is 0.336 e. The number of aromatic nitrogens is 2. The Bertz CT molecular complexity index is 961. The molecule has 0 saturated heterocycles. The molecule has 0 spiro atoms. The predicted octanol–water partition coefficient (Wildman–Crippen LogP) is 2.94. The molecule has 4 N–H and O–H groups in total. The molecule has 0 fully saturated rings. The number of pyridine rings is 1. The zero-order valence-corrected chi connectivity index (χ0v) is 13.4. The Morgan fingerprint density at radius 3 is 2.64 bits per heavy atom. The molecule has 7 nitrogen and oxygen atoms in total. The van der Waals surface area contributed by atoms with E-state index in [-0.39, 0.29) is 11.6 Å². The van der Waals surface area contributed by atoms with Crippen molar-refractivity contribution in [1.29, 1.82) is 0 Å². The van der Waals surface area contributed by atoms with Crippen molar-refractivity contribution in [2.75, 3.05) is 12.4 Å². The van der Waals surface area contributed by atoms with Gasteiger partial charge in [-0.2, -0.15) is 0 Å². The maximum absolute atomic E-state index is 11.7. The highest BCUT2D eigenvalue weighted by atomic mass is 16.4. The number of nitrogens with one attached hydrogen (secondary N) is 3. The topological polar surface area (TPSA) is 107 Å². The third-order valence-corrected chi connectivity index (χ3v) is 3.69. The molecule has 3 rings (SSSR count). The largest absolute Gasteiger partial charge is 0.478 e. The summed E-state index contributed by atoms with van der Waals surface area (Å²) in [4.78, 5) is 30.6. The average Bonchev–Trinajstić information content (AvgIpc) is 3.04. The standard InChI is InChI=1S/C18H16N4O3/c1-19-18(25)22-14-7-8-20-16-15(14)12(10-21-16)9-13(17(23)24)11-5-3-2-4-6-11/h2-10H,1H3,(H,23,24)(H3,19,20,21,22,25). The van der Waals surface area contributed by atoms with Crippen LogP contribution in [0.3, 0.4) is 0 Å². The Balaban J connectivity index is 2.14.